The van der Waals surface area contributed by atoms with Crippen LogP contribution in [0.2, 0.25) is 0 Å². The highest BCUT2D eigenvalue weighted by Crippen LogP contribution is 2.24. The number of carbonyl (C=O) groups excluding carboxylic acids is 2. The Labute approximate surface area is 150 Å². The molecular formula is C21H19NO4. The molecule has 0 N–H and O–H groups in total. The van der Waals surface area contributed by atoms with Gasteiger partial charge in [0.25, 0.3) is 0 Å². The number of carbonyl (C=O) groups is 2. The Bertz CT molecular complexity index is 989. The molecule has 0 radical (unpaired) electrons. The molecular weight excluding hydrogens is 330 g/mol. The molecule has 5 nitrogen and oxygen atoms in total. The van der Waals surface area contributed by atoms with Gasteiger partial charge >= 0.3 is 5.97 Å². The van der Waals surface area contributed by atoms with Gasteiger partial charge in [0.2, 0.25) is 5.78 Å². The summed E-state index contributed by atoms with van der Waals surface area (Å²) in [5, 5.41) is 4.70. The summed E-state index contributed by atoms with van der Waals surface area (Å²) in [5.74, 6) is -0.677. The van der Waals surface area contributed by atoms with Crippen LogP contribution in [0.5, 0.6) is 0 Å². The summed E-state index contributed by atoms with van der Waals surface area (Å²) in [6.07, 6.45) is 2.34. The van der Waals surface area contributed by atoms with Crippen LogP contribution in [-0.4, -0.2) is 23.0 Å². The Morgan fingerprint density at radius 2 is 1.96 bits per heavy atom. The third kappa shape index (κ3) is 3.12. The van der Waals surface area contributed by atoms with Crippen molar-refractivity contribution in [3.05, 3.63) is 64.8 Å². The number of hydrogen-bond acceptors (Lipinski definition) is 5. The van der Waals surface area contributed by atoms with E-state index in [0.717, 1.165) is 24.6 Å². The average Bonchev–Trinajstić information content (AvgIpc) is 3.27. The van der Waals surface area contributed by atoms with Crippen molar-refractivity contribution in [2.75, 3.05) is 0 Å². The maximum atomic E-state index is 12.6. The van der Waals surface area contributed by atoms with Crippen LogP contribution in [-0.2, 0) is 28.8 Å². The third-order valence-electron chi connectivity index (χ3n) is 4.82. The molecule has 1 heterocycles. The maximum absolute atomic E-state index is 12.6. The molecule has 0 fully saturated rings. The highest BCUT2D eigenvalue weighted by atomic mass is 16.5. The summed E-state index contributed by atoms with van der Waals surface area (Å²) in [7, 11) is 0. The van der Waals surface area contributed by atoms with Gasteiger partial charge in [0.15, 0.2) is 11.7 Å². The largest absolute Gasteiger partial charge is 0.454 e. The summed E-state index contributed by atoms with van der Waals surface area (Å²) in [6, 6.07) is 13.1. The lowest BCUT2D eigenvalue weighted by Crippen LogP contribution is -2.25. The second-order valence-corrected chi connectivity index (χ2v) is 6.64. The van der Waals surface area contributed by atoms with Crippen molar-refractivity contribution < 1.29 is 18.8 Å². The van der Waals surface area contributed by atoms with Gasteiger partial charge in [-0.3, -0.25) is 9.59 Å². The predicted molar refractivity (Wildman–Crippen MR) is 96.1 cm³/mol. The number of Topliss-reactive ketones (excluding diaryl/α,β-unsaturated/α-hetero) is 1. The molecule has 0 saturated heterocycles. The SMILES string of the molecule is C[C@@H](OC(=O)Cc1noc2ccccc12)C(=O)c1ccc2c(c1)CCC2. The summed E-state index contributed by atoms with van der Waals surface area (Å²) < 4.78 is 10.5. The molecule has 0 saturated carbocycles. The minimum Gasteiger partial charge on any atom is -0.454 e. The van der Waals surface area contributed by atoms with E-state index in [4.69, 9.17) is 9.26 Å². The van der Waals surface area contributed by atoms with Crippen LogP contribution in [0.1, 0.15) is 40.5 Å². The van der Waals surface area contributed by atoms with E-state index in [1.165, 1.54) is 11.1 Å². The Hall–Kier alpha value is -2.95. The predicted octanol–water partition coefficient (Wildman–Crippen LogP) is 3.67. The van der Waals surface area contributed by atoms with Gasteiger partial charge in [0.05, 0.1) is 6.42 Å². The first kappa shape index (κ1) is 16.5. The lowest BCUT2D eigenvalue weighted by atomic mass is 10.0. The number of nitrogens with zero attached hydrogens (tertiary/aromatic N) is 1. The lowest BCUT2D eigenvalue weighted by molar-refractivity contribution is -0.145. The fourth-order valence-electron chi connectivity index (χ4n) is 3.45. The van der Waals surface area contributed by atoms with Gasteiger partial charge < -0.3 is 9.26 Å². The van der Waals surface area contributed by atoms with Gasteiger partial charge in [0, 0.05) is 10.9 Å². The van der Waals surface area contributed by atoms with E-state index in [1.54, 1.807) is 13.0 Å². The first-order chi connectivity index (χ1) is 12.6. The van der Waals surface area contributed by atoms with Crippen LogP contribution >= 0.6 is 0 Å². The van der Waals surface area contributed by atoms with E-state index in [1.807, 2.05) is 36.4 Å². The number of benzene rings is 2. The molecule has 4 rings (SSSR count). The van der Waals surface area contributed by atoms with Crippen molar-refractivity contribution in [2.45, 2.75) is 38.7 Å². The molecule has 5 heteroatoms. The first-order valence-corrected chi connectivity index (χ1v) is 8.80. The first-order valence-electron chi connectivity index (χ1n) is 8.80. The van der Waals surface area contributed by atoms with Crippen LogP contribution < -0.4 is 0 Å². The maximum Gasteiger partial charge on any atom is 0.312 e. The fourth-order valence-corrected chi connectivity index (χ4v) is 3.45. The number of para-hydroxylation sites is 1. The van der Waals surface area contributed by atoms with Gasteiger partial charge in [0.1, 0.15) is 5.69 Å². The standard InChI is InChI=1S/C21H19NO4/c1-13(21(24)16-10-9-14-5-4-6-15(14)11-16)25-20(23)12-18-17-7-2-3-8-19(17)26-22-18/h2-3,7-11,13H,4-6,12H2,1H3/t13-/m1/s1. The number of aromatic nitrogens is 1. The molecule has 132 valence electrons. The number of rotatable bonds is 5. The molecule has 0 aliphatic heterocycles. The van der Waals surface area contributed by atoms with Crippen molar-refractivity contribution >= 4 is 22.7 Å². The van der Waals surface area contributed by atoms with Gasteiger partial charge in [-0.05, 0) is 55.5 Å². The van der Waals surface area contributed by atoms with E-state index in [0.29, 0.717) is 16.8 Å². The van der Waals surface area contributed by atoms with Gasteiger partial charge in [-0.1, -0.05) is 29.4 Å². The number of esters is 1. The molecule has 1 aliphatic carbocycles. The molecule has 0 spiro atoms. The zero-order valence-corrected chi connectivity index (χ0v) is 14.5. The molecule has 0 amide bonds. The normalized spacial score (nSPS) is 14.2. The Kier molecular flexibility index (Phi) is 4.29. The number of ketones is 1. The number of hydrogen-bond donors (Lipinski definition) is 0. The van der Waals surface area contributed by atoms with Gasteiger partial charge in [-0.2, -0.15) is 0 Å². The van der Waals surface area contributed by atoms with Crippen molar-refractivity contribution in [1.29, 1.82) is 0 Å². The molecule has 0 bridgehead atoms. The zero-order chi connectivity index (χ0) is 18.1. The molecule has 0 unspecified atom stereocenters. The van der Waals surface area contributed by atoms with Crippen LogP contribution in [0.4, 0.5) is 0 Å². The molecule has 3 aromatic rings. The number of ether oxygens (including phenoxy) is 1. The van der Waals surface area contributed by atoms with Gasteiger partial charge in [-0.15, -0.1) is 0 Å². The van der Waals surface area contributed by atoms with Crippen molar-refractivity contribution in [1.82, 2.24) is 5.16 Å². The van der Waals surface area contributed by atoms with E-state index in [-0.39, 0.29) is 12.2 Å². The second kappa shape index (κ2) is 6.75. The fraction of sp³-hybridized carbons (Fsp3) is 0.286. The molecule has 26 heavy (non-hydrogen) atoms. The highest BCUT2D eigenvalue weighted by molar-refractivity contribution is 6.00. The Morgan fingerprint density at radius 1 is 1.15 bits per heavy atom. The average molecular weight is 349 g/mol. The van der Waals surface area contributed by atoms with Crippen molar-refractivity contribution in [2.24, 2.45) is 0 Å². The van der Waals surface area contributed by atoms with Crippen LogP contribution in [0.3, 0.4) is 0 Å². The minimum absolute atomic E-state index is 0.0289. The monoisotopic (exact) mass is 349 g/mol. The van der Waals surface area contributed by atoms with Crippen LogP contribution in [0.25, 0.3) is 11.0 Å². The number of fused-ring (bicyclic) bond motifs is 2. The van der Waals surface area contributed by atoms with E-state index < -0.39 is 12.1 Å². The summed E-state index contributed by atoms with van der Waals surface area (Å²) in [6.45, 7) is 1.61. The van der Waals surface area contributed by atoms with E-state index in [2.05, 4.69) is 5.16 Å². The van der Waals surface area contributed by atoms with Crippen LogP contribution in [0.15, 0.2) is 47.0 Å². The minimum atomic E-state index is -0.833. The zero-order valence-electron chi connectivity index (χ0n) is 14.5. The molecule has 1 atom stereocenters. The smallest absolute Gasteiger partial charge is 0.312 e. The number of aryl methyl sites for hydroxylation is 2. The van der Waals surface area contributed by atoms with E-state index in [9.17, 15) is 9.59 Å². The quantitative estimate of drug-likeness (QED) is 0.519. The third-order valence-corrected chi connectivity index (χ3v) is 4.82. The molecule has 2 aromatic carbocycles. The lowest BCUT2D eigenvalue weighted by Gasteiger charge is -2.12. The van der Waals surface area contributed by atoms with E-state index >= 15 is 0 Å². The van der Waals surface area contributed by atoms with Gasteiger partial charge in [-0.25, -0.2) is 0 Å². The Balaban J connectivity index is 1.43. The molecule has 1 aromatic heterocycles. The summed E-state index contributed by atoms with van der Waals surface area (Å²) in [4.78, 5) is 24.8. The summed E-state index contributed by atoms with van der Waals surface area (Å²) >= 11 is 0. The van der Waals surface area contributed by atoms with Crippen LogP contribution in [0, 0.1) is 0 Å². The van der Waals surface area contributed by atoms with Crippen molar-refractivity contribution in [3.8, 4) is 0 Å². The topological polar surface area (TPSA) is 69.4 Å². The van der Waals surface area contributed by atoms with Crippen molar-refractivity contribution in [3.63, 3.8) is 0 Å². The summed E-state index contributed by atoms with van der Waals surface area (Å²) in [5.41, 5.74) is 4.27. The highest BCUT2D eigenvalue weighted by Gasteiger charge is 2.22. The second-order valence-electron chi connectivity index (χ2n) is 6.64. The Morgan fingerprint density at radius 3 is 2.85 bits per heavy atom. The molecule has 1 aliphatic rings.